The largest absolute Gasteiger partial charge is 0.323 e. The van der Waals surface area contributed by atoms with Crippen LogP contribution in [0.5, 0.6) is 0 Å². The molecule has 15 heavy (non-hydrogen) atoms. The van der Waals surface area contributed by atoms with E-state index in [4.69, 9.17) is 24.4 Å². The Balaban J connectivity index is 1.91. The van der Waals surface area contributed by atoms with Crippen LogP contribution in [0.2, 0.25) is 0 Å². The maximum Gasteiger partial charge on any atom is 0.107 e. The fourth-order valence-electron chi connectivity index (χ4n) is 2.40. The van der Waals surface area contributed by atoms with E-state index in [1.807, 2.05) is 11.8 Å². The fraction of sp³-hybridized carbons (Fsp3) is 0.636. The summed E-state index contributed by atoms with van der Waals surface area (Å²) in [5.74, 6) is 1.72. The van der Waals surface area contributed by atoms with E-state index >= 15 is 0 Å². The molecule has 0 spiro atoms. The van der Waals surface area contributed by atoms with Gasteiger partial charge in [-0.2, -0.15) is 0 Å². The van der Waals surface area contributed by atoms with Crippen molar-refractivity contribution in [3.63, 3.8) is 0 Å². The lowest BCUT2D eigenvalue weighted by Gasteiger charge is -2.42. The van der Waals surface area contributed by atoms with E-state index < -0.39 is 0 Å². The van der Waals surface area contributed by atoms with E-state index in [2.05, 4.69) is 11.0 Å². The Hall–Kier alpha value is 0.0700. The van der Waals surface area contributed by atoms with E-state index in [1.165, 1.54) is 36.3 Å². The van der Waals surface area contributed by atoms with E-state index in [1.54, 1.807) is 0 Å². The smallest absolute Gasteiger partial charge is 0.107 e. The number of fused-ring (bicyclic) bond motifs is 1. The SMILES string of the molecule is S=C1C=C2SCCC2C(=S)N1C1CCC1. The summed E-state index contributed by atoms with van der Waals surface area (Å²) >= 11 is 13.0. The molecule has 80 valence electrons. The molecule has 1 atom stereocenters. The summed E-state index contributed by atoms with van der Waals surface area (Å²) in [6.45, 7) is 0. The highest BCUT2D eigenvalue weighted by Crippen LogP contribution is 2.42. The highest BCUT2D eigenvalue weighted by molar-refractivity contribution is 8.03. The van der Waals surface area contributed by atoms with E-state index in [9.17, 15) is 0 Å². The van der Waals surface area contributed by atoms with Gasteiger partial charge in [-0.05, 0) is 42.4 Å². The number of hydrogen-bond acceptors (Lipinski definition) is 3. The molecule has 3 rings (SSSR count). The Morgan fingerprint density at radius 2 is 2.07 bits per heavy atom. The second-order valence-corrected chi connectivity index (χ2v) is 6.37. The minimum Gasteiger partial charge on any atom is -0.323 e. The van der Waals surface area contributed by atoms with Gasteiger partial charge in [-0.1, -0.05) is 24.4 Å². The van der Waals surface area contributed by atoms with Gasteiger partial charge in [0, 0.05) is 12.0 Å². The van der Waals surface area contributed by atoms with Crippen LogP contribution in [0.15, 0.2) is 11.0 Å². The Kier molecular flexibility index (Phi) is 2.61. The number of hydrogen-bond donors (Lipinski definition) is 0. The van der Waals surface area contributed by atoms with Crippen molar-refractivity contribution >= 4 is 46.2 Å². The predicted molar refractivity (Wildman–Crippen MR) is 73.3 cm³/mol. The molecule has 0 amide bonds. The third-order valence-corrected chi connectivity index (χ3v) is 5.47. The summed E-state index contributed by atoms with van der Waals surface area (Å²) in [4.78, 5) is 5.74. The summed E-state index contributed by atoms with van der Waals surface area (Å²) < 4.78 is 0. The third-order valence-electron chi connectivity index (χ3n) is 3.50. The van der Waals surface area contributed by atoms with Crippen LogP contribution in [0.4, 0.5) is 0 Å². The molecule has 1 saturated carbocycles. The zero-order valence-corrected chi connectivity index (χ0v) is 10.9. The maximum absolute atomic E-state index is 5.60. The summed E-state index contributed by atoms with van der Waals surface area (Å²) in [6.07, 6.45) is 7.27. The monoisotopic (exact) mass is 255 g/mol. The highest BCUT2D eigenvalue weighted by atomic mass is 32.2. The summed E-state index contributed by atoms with van der Waals surface area (Å²) in [5, 5.41) is 0. The van der Waals surface area contributed by atoms with Crippen molar-refractivity contribution in [1.29, 1.82) is 0 Å². The second kappa shape index (κ2) is 3.82. The highest BCUT2D eigenvalue weighted by Gasteiger charge is 2.38. The molecule has 3 aliphatic rings. The quantitative estimate of drug-likeness (QED) is 0.662. The van der Waals surface area contributed by atoms with E-state index in [0.717, 1.165) is 9.98 Å². The van der Waals surface area contributed by atoms with Gasteiger partial charge in [0.1, 0.15) is 4.99 Å². The predicted octanol–water partition coefficient (Wildman–Crippen LogP) is 3.15. The molecule has 1 unspecified atom stereocenters. The molecule has 1 aliphatic carbocycles. The second-order valence-electron chi connectivity index (χ2n) is 4.37. The summed E-state index contributed by atoms with van der Waals surface area (Å²) in [5.41, 5.74) is 0. The van der Waals surface area contributed by atoms with Crippen LogP contribution < -0.4 is 0 Å². The number of thiocarbonyl (C=S) groups is 2. The van der Waals surface area contributed by atoms with Gasteiger partial charge in [-0.25, -0.2) is 0 Å². The molecule has 0 aromatic carbocycles. The van der Waals surface area contributed by atoms with Crippen LogP contribution in [0.3, 0.4) is 0 Å². The molecule has 0 N–H and O–H groups in total. The normalized spacial score (nSPS) is 31.3. The lowest BCUT2D eigenvalue weighted by Crippen LogP contribution is -2.50. The minimum absolute atomic E-state index is 0.511. The first-order chi connectivity index (χ1) is 7.27. The van der Waals surface area contributed by atoms with Gasteiger partial charge in [0.05, 0.1) is 4.99 Å². The van der Waals surface area contributed by atoms with Gasteiger partial charge < -0.3 is 4.90 Å². The molecule has 1 saturated heterocycles. The van der Waals surface area contributed by atoms with Crippen molar-refractivity contribution in [3.8, 4) is 0 Å². The van der Waals surface area contributed by atoms with Crippen molar-refractivity contribution in [2.75, 3.05) is 5.75 Å². The summed E-state index contributed by atoms with van der Waals surface area (Å²) in [6, 6.07) is 0.619. The maximum atomic E-state index is 5.60. The zero-order chi connectivity index (χ0) is 10.4. The summed E-state index contributed by atoms with van der Waals surface area (Å²) in [7, 11) is 0. The lowest BCUT2D eigenvalue weighted by atomic mass is 9.89. The van der Waals surface area contributed by atoms with Crippen LogP contribution in [0, 0.1) is 5.92 Å². The van der Waals surface area contributed by atoms with Crippen LogP contribution >= 0.6 is 36.2 Å². The van der Waals surface area contributed by atoms with Crippen LogP contribution in [-0.2, 0) is 0 Å². The molecule has 0 aromatic heterocycles. The molecule has 0 radical (unpaired) electrons. The van der Waals surface area contributed by atoms with Crippen molar-refractivity contribution in [2.45, 2.75) is 31.7 Å². The van der Waals surface area contributed by atoms with Crippen LogP contribution in [-0.4, -0.2) is 26.7 Å². The standard InChI is InChI=1S/C11H13NS3/c13-10-6-9-8(4-5-15-9)11(14)12(10)7-2-1-3-7/h6-8H,1-5H2. The van der Waals surface area contributed by atoms with Crippen molar-refractivity contribution in [1.82, 2.24) is 4.90 Å². The topological polar surface area (TPSA) is 3.24 Å². The molecule has 1 nitrogen and oxygen atoms in total. The third kappa shape index (κ3) is 1.58. The molecular formula is C11H13NS3. The Morgan fingerprint density at radius 3 is 2.73 bits per heavy atom. The number of nitrogens with zero attached hydrogens (tertiary/aromatic N) is 1. The van der Waals surface area contributed by atoms with Gasteiger partial charge in [-0.15, -0.1) is 11.8 Å². The Bertz CT molecular complexity index is 357. The minimum atomic E-state index is 0.511. The first kappa shape index (κ1) is 10.2. The molecule has 0 aromatic rings. The Morgan fingerprint density at radius 1 is 1.27 bits per heavy atom. The van der Waals surface area contributed by atoms with Gasteiger partial charge in [-0.3, -0.25) is 0 Å². The first-order valence-electron chi connectivity index (χ1n) is 5.49. The van der Waals surface area contributed by atoms with Gasteiger partial charge in [0.25, 0.3) is 0 Å². The van der Waals surface area contributed by atoms with Crippen molar-refractivity contribution in [2.24, 2.45) is 5.92 Å². The molecule has 0 bridgehead atoms. The zero-order valence-electron chi connectivity index (χ0n) is 8.44. The van der Waals surface area contributed by atoms with Crippen LogP contribution in [0.25, 0.3) is 0 Å². The fourth-order valence-corrected chi connectivity index (χ4v) is 4.69. The lowest BCUT2D eigenvalue weighted by molar-refractivity contribution is 0.281. The van der Waals surface area contributed by atoms with Crippen molar-refractivity contribution < 1.29 is 0 Å². The Labute approximate surface area is 105 Å². The molecule has 2 fully saturated rings. The first-order valence-corrected chi connectivity index (χ1v) is 7.29. The van der Waals surface area contributed by atoms with Gasteiger partial charge in [0.15, 0.2) is 0 Å². The number of rotatable bonds is 1. The van der Waals surface area contributed by atoms with E-state index in [-0.39, 0.29) is 0 Å². The average Bonchev–Trinajstić information content (AvgIpc) is 2.56. The van der Waals surface area contributed by atoms with E-state index in [0.29, 0.717) is 12.0 Å². The average molecular weight is 255 g/mol. The number of thioether (sulfide) groups is 1. The molecule has 4 heteroatoms. The molecule has 2 aliphatic heterocycles. The molecular weight excluding hydrogens is 242 g/mol. The van der Waals surface area contributed by atoms with Gasteiger partial charge in [0.2, 0.25) is 0 Å². The van der Waals surface area contributed by atoms with Crippen LogP contribution in [0.1, 0.15) is 25.7 Å². The van der Waals surface area contributed by atoms with Crippen molar-refractivity contribution in [3.05, 3.63) is 11.0 Å². The van der Waals surface area contributed by atoms with Gasteiger partial charge >= 0.3 is 0 Å². The molecule has 2 heterocycles.